The van der Waals surface area contributed by atoms with Crippen LogP contribution in [0, 0.1) is 5.92 Å². The molecular weight excluding hydrogens is 180 g/mol. The molecule has 2 atom stereocenters. The van der Waals surface area contributed by atoms with Gasteiger partial charge < -0.3 is 15.8 Å². The molecule has 0 bridgehead atoms. The number of rotatable bonds is 4. The van der Waals surface area contributed by atoms with Crippen molar-refractivity contribution in [2.45, 2.75) is 38.8 Å². The maximum absolute atomic E-state index is 11.1. The highest BCUT2D eigenvalue weighted by molar-refractivity contribution is 5.77. The third-order valence-corrected chi connectivity index (χ3v) is 2.56. The lowest BCUT2D eigenvalue weighted by atomic mass is 9.91. The fraction of sp³-hybridized carbons (Fsp3) is 0.900. The van der Waals surface area contributed by atoms with E-state index in [0.717, 1.165) is 19.4 Å². The van der Waals surface area contributed by atoms with Crippen LogP contribution in [0.2, 0.25) is 0 Å². The van der Waals surface area contributed by atoms with Crippen LogP contribution in [0.15, 0.2) is 0 Å². The molecule has 4 heteroatoms. The Bertz CT molecular complexity index is 195. The summed E-state index contributed by atoms with van der Waals surface area (Å²) in [4.78, 5) is 11.1. The Balaban J connectivity index is 2.42. The summed E-state index contributed by atoms with van der Waals surface area (Å²) in [5.74, 6) is -0.281. The molecule has 2 unspecified atom stereocenters. The van der Waals surface area contributed by atoms with E-state index in [1.165, 1.54) is 0 Å². The van der Waals surface area contributed by atoms with Gasteiger partial charge in [0.1, 0.15) is 0 Å². The molecular formula is C10H20N2O2. The summed E-state index contributed by atoms with van der Waals surface area (Å²) in [6, 6.07) is 0.101. The van der Waals surface area contributed by atoms with E-state index in [9.17, 15) is 4.79 Å². The lowest BCUT2D eigenvalue weighted by molar-refractivity contribution is -0.124. The molecule has 3 N–H and O–H groups in total. The topological polar surface area (TPSA) is 64.3 Å². The van der Waals surface area contributed by atoms with Crippen LogP contribution in [0.4, 0.5) is 0 Å². The van der Waals surface area contributed by atoms with E-state index in [-0.39, 0.29) is 24.0 Å². The number of amides is 1. The van der Waals surface area contributed by atoms with Gasteiger partial charge in [-0.1, -0.05) is 0 Å². The second-order valence-corrected chi connectivity index (χ2v) is 4.09. The molecule has 0 aromatic carbocycles. The third-order valence-electron chi connectivity index (χ3n) is 2.56. The van der Waals surface area contributed by atoms with Crippen LogP contribution in [0.1, 0.15) is 26.7 Å². The van der Waals surface area contributed by atoms with Gasteiger partial charge in [-0.05, 0) is 33.2 Å². The van der Waals surface area contributed by atoms with Crippen molar-refractivity contribution in [2.24, 2.45) is 11.7 Å². The summed E-state index contributed by atoms with van der Waals surface area (Å²) in [6.45, 7) is 5.51. The zero-order valence-electron chi connectivity index (χ0n) is 8.95. The average molecular weight is 200 g/mol. The second kappa shape index (κ2) is 5.32. The number of piperidine rings is 1. The Morgan fingerprint density at radius 2 is 2.36 bits per heavy atom. The summed E-state index contributed by atoms with van der Waals surface area (Å²) >= 11 is 0. The molecule has 1 aliphatic heterocycles. The molecule has 0 aromatic heterocycles. The van der Waals surface area contributed by atoms with Crippen molar-refractivity contribution < 1.29 is 9.53 Å². The van der Waals surface area contributed by atoms with Gasteiger partial charge in [-0.25, -0.2) is 0 Å². The van der Waals surface area contributed by atoms with Gasteiger partial charge >= 0.3 is 0 Å². The molecule has 0 saturated carbocycles. The molecule has 0 radical (unpaired) electrons. The predicted molar refractivity (Wildman–Crippen MR) is 54.8 cm³/mol. The normalized spacial score (nSPS) is 27.9. The Labute approximate surface area is 85.2 Å². The third kappa shape index (κ3) is 3.27. The van der Waals surface area contributed by atoms with E-state index in [4.69, 9.17) is 10.5 Å². The molecule has 1 fully saturated rings. The lowest BCUT2D eigenvalue weighted by Gasteiger charge is -2.30. The van der Waals surface area contributed by atoms with Gasteiger partial charge in [0.05, 0.1) is 18.6 Å². The molecule has 82 valence electrons. The Morgan fingerprint density at radius 3 is 2.93 bits per heavy atom. The number of hydrogen-bond donors (Lipinski definition) is 2. The van der Waals surface area contributed by atoms with Gasteiger partial charge in [-0.2, -0.15) is 0 Å². The minimum atomic E-state index is -0.213. The van der Waals surface area contributed by atoms with Gasteiger partial charge in [-0.3, -0.25) is 4.79 Å². The summed E-state index contributed by atoms with van der Waals surface area (Å²) in [7, 11) is 0. The van der Waals surface area contributed by atoms with Gasteiger partial charge in [-0.15, -0.1) is 0 Å². The minimum absolute atomic E-state index is 0.0671. The van der Waals surface area contributed by atoms with Gasteiger partial charge in [0.15, 0.2) is 0 Å². The van der Waals surface area contributed by atoms with Gasteiger partial charge in [0, 0.05) is 6.04 Å². The highest BCUT2D eigenvalue weighted by Gasteiger charge is 2.29. The summed E-state index contributed by atoms with van der Waals surface area (Å²) in [5, 5.41) is 3.28. The monoisotopic (exact) mass is 200 g/mol. The van der Waals surface area contributed by atoms with E-state index in [1.807, 2.05) is 13.8 Å². The lowest BCUT2D eigenvalue weighted by Crippen LogP contribution is -2.49. The van der Waals surface area contributed by atoms with Gasteiger partial charge in [0.2, 0.25) is 5.91 Å². The Morgan fingerprint density at radius 1 is 1.64 bits per heavy atom. The summed E-state index contributed by atoms with van der Waals surface area (Å²) in [5.41, 5.74) is 5.33. The highest BCUT2D eigenvalue weighted by Crippen LogP contribution is 2.16. The van der Waals surface area contributed by atoms with Crippen LogP contribution in [0.5, 0.6) is 0 Å². The SMILES string of the molecule is CC(C)OCC1NCCCC1C(N)=O. The number of nitrogens with two attached hydrogens (primary N) is 1. The van der Waals surface area contributed by atoms with E-state index in [0.29, 0.717) is 6.61 Å². The number of carbonyl (C=O) groups excluding carboxylic acids is 1. The summed E-state index contributed by atoms with van der Waals surface area (Å²) in [6.07, 6.45) is 2.10. The largest absolute Gasteiger partial charge is 0.377 e. The fourth-order valence-corrected chi connectivity index (χ4v) is 1.76. The number of nitrogens with one attached hydrogen (secondary N) is 1. The van der Waals surface area contributed by atoms with Crippen LogP contribution in [0.25, 0.3) is 0 Å². The smallest absolute Gasteiger partial charge is 0.222 e. The number of hydrogen-bond acceptors (Lipinski definition) is 3. The summed E-state index contributed by atoms with van der Waals surface area (Å²) < 4.78 is 5.49. The first kappa shape index (κ1) is 11.5. The number of carbonyl (C=O) groups is 1. The van der Waals surface area contributed by atoms with E-state index in [2.05, 4.69) is 5.32 Å². The van der Waals surface area contributed by atoms with Crippen LogP contribution >= 0.6 is 0 Å². The van der Waals surface area contributed by atoms with Crippen molar-refractivity contribution in [1.29, 1.82) is 0 Å². The van der Waals surface area contributed by atoms with E-state index >= 15 is 0 Å². The average Bonchev–Trinajstić information content (AvgIpc) is 2.15. The molecule has 1 aliphatic rings. The number of primary amides is 1. The van der Waals surface area contributed by atoms with Crippen LogP contribution in [0.3, 0.4) is 0 Å². The van der Waals surface area contributed by atoms with Crippen molar-refractivity contribution in [2.75, 3.05) is 13.2 Å². The number of ether oxygens (including phenoxy) is 1. The molecule has 1 saturated heterocycles. The van der Waals surface area contributed by atoms with E-state index in [1.54, 1.807) is 0 Å². The zero-order valence-corrected chi connectivity index (χ0v) is 8.95. The molecule has 14 heavy (non-hydrogen) atoms. The van der Waals surface area contributed by atoms with Crippen molar-refractivity contribution in [3.05, 3.63) is 0 Å². The molecule has 0 aliphatic carbocycles. The Hall–Kier alpha value is -0.610. The molecule has 1 heterocycles. The Kier molecular flexibility index (Phi) is 4.35. The standard InChI is InChI=1S/C10H20N2O2/c1-7(2)14-6-9-8(10(11)13)4-3-5-12-9/h7-9,12H,3-6H2,1-2H3,(H2,11,13). The first-order valence-corrected chi connectivity index (χ1v) is 5.25. The van der Waals surface area contributed by atoms with Crippen molar-refractivity contribution in [3.8, 4) is 0 Å². The van der Waals surface area contributed by atoms with Crippen molar-refractivity contribution in [1.82, 2.24) is 5.32 Å². The zero-order chi connectivity index (χ0) is 10.6. The molecule has 4 nitrogen and oxygen atoms in total. The first-order valence-electron chi connectivity index (χ1n) is 5.25. The maximum Gasteiger partial charge on any atom is 0.222 e. The van der Waals surface area contributed by atoms with Crippen LogP contribution in [-0.2, 0) is 9.53 Å². The van der Waals surface area contributed by atoms with Crippen molar-refractivity contribution >= 4 is 5.91 Å². The van der Waals surface area contributed by atoms with Crippen molar-refractivity contribution in [3.63, 3.8) is 0 Å². The molecule has 0 aromatic rings. The van der Waals surface area contributed by atoms with Gasteiger partial charge in [0.25, 0.3) is 0 Å². The minimum Gasteiger partial charge on any atom is -0.377 e. The first-order chi connectivity index (χ1) is 6.61. The fourth-order valence-electron chi connectivity index (χ4n) is 1.76. The molecule has 0 spiro atoms. The van der Waals surface area contributed by atoms with Crippen LogP contribution in [-0.4, -0.2) is 31.2 Å². The van der Waals surface area contributed by atoms with E-state index < -0.39 is 0 Å². The predicted octanol–water partition coefficient (Wildman–Crippen LogP) is 0.265. The van der Waals surface area contributed by atoms with Crippen LogP contribution < -0.4 is 11.1 Å². The maximum atomic E-state index is 11.1. The quantitative estimate of drug-likeness (QED) is 0.684. The highest BCUT2D eigenvalue weighted by atomic mass is 16.5. The molecule has 1 amide bonds. The second-order valence-electron chi connectivity index (χ2n) is 4.09. The molecule has 1 rings (SSSR count).